The smallest absolute Gasteiger partial charge is 0.328 e. The van der Waals surface area contributed by atoms with E-state index in [4.69, 9.17) is 4.74 Å². The highest BCUT2D eigenvalue weighted by atomic mass is 16.5. The number of rotatable bonds is 4. The molecule has 0 saturated heterocycles. The molecule has 0 unspecified atom stereocenters. The predicted octanol–water partition coefficient (Wildman–Crippen LogP) is 1.42. The van der Waals surface area contributed by atoms with Crippen LogP contribution in [0.4, 0.5) is 0 Å². The van der Waals surface area contributed by atoms with Crippen LogP contribution in [0.15, 0.2) is 18.3 Å². The highest BCUT2D eigenvalue weighted by Crippen LogP contribution is 2.11. The molecule has 0 N–H and O–H groups in total. The molecule has 0 aliphatic carbocycles. The Morgan fingerprint density at radius 1 is 1.71 bits per heavy atom. The standard InChI is InChI=1S/C10H13NO3/c1-3-14-10(13)8(2)11-6-4-5-9(11)7-12/h4-8H,3H2,1-2H3/t8-/m1/s1. The number of aromatic nitrogens is 1. The molecule has 0 saturated carbocycles. The van der Waals surface area contributed by atoms with E-state index in [2.05, 4.69) is 0 Å². The monoisotopic (exact) mass is 195 g/mol. The third-order valence-electron chi connectivity index (χ3n) is 1.98. The Bertz CT molecular complexity index is 330. The fraction of sp³-hybridized carbons (Fsp3) is 0.400. The number of esters is 1. The van der Waals surface area contributed by atoms with Crippen LogP contribution in [-0.4, -0.2) is 23.4 Å². The number of hydrogen-bond acceptors (Lipinski definition) is 3. The van der Waals surface area contributed by atoms with Crippen LogP contribution in [0.25, 0.3) is 0 Å². The van der Waals surface area contributed by atoms with E-state index >= 15 is 0 Å². The minimum absolute atomic E-state index is 0.327. The summed E-state index contributed by atoms with van der Waals surface area (Å²) in [4.78, 5) is 22.0. The van der Waals surface area contributed by atoms with E-state index in [1.807, 2.05) is 0 Å². The zero-order valence-electron chi connectivity index (χ0n) is 8.27. The molecule has 76 valence electrons. The molecule has 0 bridgehead atoms. The predicted molar refractivity (Wildman–Crippen MR) is 51.2 cm³/mol. The summed E-state index contributed by atoms with van der Waals surface area (Å²) in [7, 11) is 0. The van der Waals surface area contributed by atoms with Gasteiger partial charge in [0.2, 0.25) is 0 Å². The molecule has 0 spiro atoms. The van der Waals surface area contributed by atoms with Gasteiger partial charge in [-0.3, -0.25) is 4.79 Å². The van der Waals surface area contributed by atoms with Crippen LogP contribution in [0.1, 0.15) is 30.4 Å². The molecular formula is C10H13NO3. The molecule has 0 aromatic carbocycles. The van der Waals surface area contributed by atoms with Crippen molar-refractivity contribution < 1.29 is 14.3 Å². The molecule has 1 aromatic heterocycles. The maximum Gasteiger partial charge on any atom is 0.328 e. The number of carbonyl (C=O) groups is 2. The average molecular weight is 195 g/mol. The fourth-order valence-electron chi connectivity index (χ4n) is 1.24. The van der Waals surface area contributed by atoms with Gasteiger partial charge >= 0.3 is 5.97 Å². The summed E-state index contributed by atoms with van der Waals surface area (Å²) in [6.07, 6.45) is 2.40. The van der Waals surface area contributed by atoms with E-state index in [9.17, 15) is 9.59 Å². The molecule has 1 atom stereocenters. The molecule has 0 aliphatic rings. The first-order valence-corrected chi connectivity index (χ1v) is 4.49. The Balaban J connectivity index is 2.82. The van der Waals surface area contributed by atoms with Crippen LogP contribution >= 0.6 is 0 Å². The van der Waals surface area contributed by atoms with Crippen molar-refractivity contribution in [3.05, 3.63) is 24.0 Å². The van der Waals surface area contributed by atoms with Crippen molar-refractivity contribution in [2.75, 3.05) is 6.61 Å². The molecule has 1 heterocycles. The third-order valence-corrected chi connectivity index (χ3v) is 1.98. The highest BCUT2D eigenvalue weighted by molar-refractivity contribution is 5.77. The average Bonchev–Trinajstić information content (AvgIpc) is 2.64. The lowest BCUT2D eigenvalue weighted by Crippen LogP contribution is -2.19. The van der Waals surface area contributed by atoms with Gasteiger partial charge in [-0.2, -0.15) is 0 Å². The Morgan fingerprint density at radius 2 is 2.43 bits per heavy atom. The molecule has 4 nitrogen and oxygen atoms in total. The minimum atomic E-state index is -0.454. The van der Waals surface area contributed by atoms with Gasteiger partial charge in [-0.05, 0) is 26.0 Å². The summed E-state index contributed by atoms with van der Waals surface area (Å²) in [6.45, 7) is 3.80. The maximum atomic E-state index is 11.4. The first-order valence-electron chi connectivity index (χ1n) is 4.49. The molecule has 1 rings (SSSR count). The summed E-state index contributed by atoms with van der Waals surface area (Å²) < 4.78 is 6.44. The molecule has 4 heteroatoms. The zero-order chi connectivity index (χ0) is 10.6. The maximum absolute atomic E-state index is 11.4. The van der Waals surface area contributed by atoms with E-state index in [-0.39, 0.29) is 5.97 Å². The minimum Gasteiger partial charge on any atom is -0.464 e. The van der Waals surface area contributed by atoms with Crippen LogP contribution in [0.2, 0.25) is 0 Å². The summed E-state index contributed by atoms with van der Waals surface area (Å²) in [5.41, 5.74) is 0.477. The molecule has 0 radical (unpaired) electrons. The van der Waals surface area contributed by atoms with Gasteiger partial charge in [0.05, 0.1) is 12.3 Å². The summed E-state index contributed by atoms with van der Waals surface area (Å²) in [5, 5.41) is 0. The van der Waals surface area contributed by atoms with Gasteiger partial charge in [0.25, 0.3) is 0 Å². The highest BCUT2D eigenvalue weighted by Gasteiger charge is 2.17. The Morgan fingerprint density at radius 3 is 3.00 bits per heavy atom. The van der Waals surface area contributed by atoms with Crippen LogP contribution in [0.3, 0.4) is 0 Å². The van der Waals surface area contributed by atoms with E-state index < -0.39 is 6.04 Å². The van der Waals surface area contributed by atoms with E-state index in [0.717, 1.165) is 6.29 Å². The van der Waals surface area contributed by atoms with Crippen molar-refractivity contribution in [1.82, 2.24) is 4.57 Å². The van der Waals surface area contributed by atoms with Crippen molar-refractivity contribution in [3.8, 4) is 0 Å². The number of aldehydes is 1. The largest absolute Gasteiger partial charge is 0.464 e. The second kappa shape index (κ2) is 4.60. The number of ether oxygens (including phenoxy) is 1. The van der Waals surface area contributed by atoms with Crippen molar-refractivity contribution in [3.63, 3.8) is 0 Å². The Labute approximate surface area is 82.5 Å². The molecule has 0 amide bonds. The lowest BCUT2D eigenvalue weighted by Gasteiger charge is -2.13. The second-order valence-corrected chi connectivity index (χ2v) is 2.89. The second-order valence-electron chi connectivity index (χ2n) is 2.89. The Hall–Kier alpha value is -1.58. The van der Waals surface area contributed by atoms with Crippen molar-refractivity contribution in [2.45, 2.75) is 19.9 Å². The molecular weight excluding hydrogens is 182 g/mol. The quantitative estimate of drug-likeness (QED) is 0.539. The zero-order valence-corrected chi connectivity index (χ0v) is 8.27. The van der Waals surface area contributed by atoms with Gasteiger partial charge in [-0.1, -0.05) is 0 Å². The number of carbonyl (C=O) groups excluding carboxylic acids is 2. The summed E-state index contributed by atoms with van der Waals surface area (Å²) in [6, 6.07) is 2.92. The van der Waals surface area contributed by atoms with Gasteiger partial charge in [0.1, 0.15) is 6.04 Å². The Kier molecular flexibility index (Phi) is 3.45. The van der Waals surface area contributed by atoms with Gasteiger partial charge in [0.15, 0.2) is 6.29 Å². The summed E-state index contributed by atoms with van der Waals surface area (Å²) >= 11 is 0. The van der Waals surface area contributed by atoms with Crippen LogP contribution in [0.5, 0.6) is 0 Å². The first kappa shape index (κ1) is 10.5. The van der Waals surface area contributed by atoms with Gasteiger partial charge in [0, 0.05) is 6.20 Å². The van der Waals surface area contributed by atoms with Crippen LogP contribution in [0, 0.1) is 0 Å². The fourth-order valence-corrected chi connectivity index (χ4v) is 1.24. The lowest BCUT2D eigenvalue weighted by atomic mass is 10.3. The normalized spacial score (nSPS) is 12.1. The third kappa shape index (κ3) is 2.02. The van der Waals surface area contributed by atoms with Crippen molar-refractivity contribution in [2.24, 2.45) is 0 Å². The summed E-state index contributed by atoms with van der Waals surface area (Å²) in [5.74, 6) is -0.327. The van der Waals surface area contributed by atoms with Crippen molar-refractivity contribution >= 4 is 12.3 Å². The van der Waals surface area contributed by atoms with E-state index in [1.165, 1.54) is 0 Å². The molecule has 0 aliphatic heterocycles. The van der Waals surface area contributed by atoms with Gasteiger partial charge < -0.3 is 9.30 Å². The number of hydrogen-bond donors (Lipinski definition) is 0. The SMILES string of the molecule is CCOC(=O)[C@@H](C)n1cccc1C=O. The first-order chi connectivity index (χ1) is 6.70. The van der Waals surface area contributed by atoms with E-state index in [0.29, 0.717) is 12.3 Å². The van der Waals surface area contributed by atoms with Gasteiger partial charge in [-0.15, -0.1) is 0 Å². The van der Waals surface area contributed by atoms with Crippen molar-refractivity contribution in [1.29, 1.82) is 0 Å². The van der Waals surface area contributed by atoms with Gasteiger partial charge in [-0.25, -0.2) is 4.79 Å². The lowest BCUT2D eigenvalue weighted by molar-refractivity contribution is -0.146. The topological polar surface area (TPSA) is 48.3 Å². The van der Waals surface area contributed by atoms with E-state index in [1.54, 1.807) is 36.7 Å². The molecule has 1 aromatic rings. The van der Waals surface area contributed by atoms with Crippen LogP contribution < -0.4 is 0 Å². The van der Waals surface area contributed by atoms with Crippen LogP contribution in [-0.2, 0) is 9.53 Å². The number of nitrogens with zero attached hydrogens (tertiary/aromatic N) is 1. The molecule has 14 heavy (non-hydrogen) atoms. The molecule has 0 fully saturated rings.